The van der Waals surface area contributed by atoms with E-state index in [1.807, 2.05) is 0 Å². The van der Waals surface area contributed by atoms with Crippen LogP contribution in [-0.4, -0.2) is 262 Å². The van der Waals surface area contributed by atoms with Gasteiger partial charge in [0.2, 0.25) is 15.8 Å². The number of anilines is 2. The van der Waals surface area contributed by atoms with Gasteiger partial charge in [-0.3, -0.25) is 52.7 Å². The second-order valence-corrected chi connectivity index (χ2v) is 25.9. The van der Waals surface area contributed by atoms with Gasteiger partial charge in [-0.25, -0.2) is 44.9 Å². The lowest BCUT2D eigenvalue weighted by atomic mass is 9.90. The molecule has 114 heavy (non-hydrogen) atoms. The van der Waals surface area contributed by atoms with E-state index in [0.29, 0.717) is 16.8 Å². The number of aliphatic imine (C=N–C) groups is 2. The van der Waals surface area contributed by atoms with E-state index in [2.05, 4.69) is 146 Å². The highest BCUT2D eigenvalue weighted by Gasteiger charge is 2.62. The van der Waals surface area contributed by atoms with Gasteiger partial charge in [-0.2, -0.15) is 4.98 Å². The Labute approximate surface area is 639 Å². The molecule has 22 N–H and O–H groups in total. The number of imidazole rings is 4. The maximum Gasteiger partial charge on any atom is 0.293 e. The molecule has 0 bridgehead atoms. The van der Waals surface area contributed by atoms with Crippen molar-refractivity contribution in [2.24, 2.45) is 55.5 Å². The van der Waals surface area contributed by atoms with Crippen molar-refractivity contribution in [2.75, 3.05) is 44.5 Å². The minimum atomic E-state index is -1.82. The van der Waals surface area contributed by atoms with E-state index in [4.69, 9.17) is 71.2 Å². The third-order valence-electron chi connectivity index (χ3n) is 19.9. The van der Waals surface area contributed by atoms with Gasteiger partial charge in [0.15, 0.2) is 90.2 Å². The van der Waals surface area contributed by atoms with Gasteiger partial charge in [0.25, 0.3) is 34.0 Å². The molecule has 0 aromatic carbocycles. The Balaban J connectivity index is 0.000000141. The van der Waals surface area contributed by atoms with E-state index in [-0.39, 0.29) is 57.0 Å². The molecular weight excluding hydrogens is 1500 g/mol. The average molecular weight is 1580 g/mol. The zero-order valence-corrected chi connectivity index (χ0v) is 59.4. The average Bonchev–Trinajstić information content (AvgIpc) is 1.62. The van der Waals surface area contributed by atoms with E-state index in [0.717, 1.165) is 0 Å². The molecule has 15 rings (SSSR count). The number of aliphatic hydroxyl groups excluding tert-OH is 10. The quantitative estimate of drug-likeness (QED) is 0.0174. The van der Waals surface area contributed by atoms with E-state index < -0.39 is 176 Å². The topological polar surface area (TPSA) is 718 Å². The molecule has 0 saturated carbocycles. The van der Waals surface area contributed by atoms with Gasteiger partial charge in [-0.15, -0.1) is 52.2 Å². The van der Waals surface area contributed by atoms with Crippen molar-refractivity contribution in [3.8, 4) is 37.0 Å². The summed E-state index contributed by atoms with van der Waals surface area (Å²) < 4.78 is 34.5. The van der Waals surface area contributed by atoms with Crippen LogP contribution in [0.4, 0.5) is 11.8 Å². The third-order valence-corrected chi connectivity index (χ3v) is 19.9. The predicted octanol–water partition coefficient (Wildman–Crippen LogP) is -6.32. The SMILES string of the molecule is C#C[C@]1(CO)O[C@@H](N2C=NC3C(=O)NC(N)=NC32)[C@@H](C=C)[C@@H]1O.C#C[C@]1(CO)O[C@@H](n2cnc3c(=O)[nH]cnc32)[C@@H](C=C)[C@@H]1O.C#C[C@]1(CO)O[C@@H](n2cnc3c(N)ncnc32)[C@@H](C=C)[C@@H]1O.C=C[C@@H]1[C@H](n2cnc3c(=O)[nH]c(N)nc32)O[C@@](CO)(N=[N+]=N)[C@H]1O.C=C[C@@H]1[C@H](n2cnc3c(=O)[nH]cnc32)O[C@@](CO)(N=[N+]=N)[C@H]1O. The normalized spacial score (nSPS) is 32.8. The number of carbonyl (C=O) groups excluding carboxylic acids is 1. The molecule has 0 spiro atoms. The van der Waals surface area contributed by atoms with Gasteiger partial charge in [0, 0.05) is 0 Å². The number of nitrogen functional groups attached to an aromatic ring is 2. The summed E-state index contributed by atoms with van der Waals surface area (Å²) in [6, 6.07) is -0.761. The van der Waals surface area contributed by atoms with Crippen molar-refractivity contribution in [3.05, 3.63) is 139 Å². The summed E-state index contributed by atoms with van der Waals surface area (Å²) in [7, 11) is 0. The number of nitrogens with two attached hydrogens (primary N) is 3. The lowest BCUT2D eigenvalue weighted by Gasteiger charge is -2.33. The number of H-pyrrole nitrogens is 3. The number of guanidine groups is 1. The monoisotopic (exact) mass is 1580 g/mol. The van der Waals surface area contributed by atoms with Crippen molar-refractivity contribution in [1.29, 1.82) is 11.1 Å². The molecule has 48 heteroatoms. The van der Waals surface area contributed by atoms with Crippen molar-refractivity contribution >= 4 is 74.6 Å². The van der Waals surface area contributed by atoms with Crippen LogP contribution in [0.15, 0.2) is 142 Å². The summed E-state index contributed by atoms with van der Waals surface area (Å²) in [5, 5.41) is 109. The minimum absolute atomic E-state index is 0.0224. The molecule has 0 radical (unpaired) electrons. The van der Waals surface area contributed by atoms with Crippen molar-refractivity contribution in [2.45, 2.75) is 102 Å². The van der Waals surface area contributed by atoms with Crippen LogP contribution in [-0.2, 0) is 28.5 Å². The first-order valence-corrected chi connectivity index (χ1v) is 33.7. The van der Waals surface area contributed by atoms with Gasteiger partial charge in [0.1, 0.15) is 97.8 Å². The minimum Gasteiger partial charge on any atom is -0.392 e. The number of fused-ring (bicyclic) bond motifs is 5. The van der Waals surface area contributed by atoms with E-state index in [1.165, 1.54) is 94.7 Å². The van der Waals surface area contributed by atoms with Gasteiger partial charge in [-0.1, -0.05) is 48.1 Å². The number of nitrogens with zero attached hydrogens (tertiary/aromatic N) is 20. The Morgan fingerprint density at radius 3 is 1.30 bits per heavy atom. The molecule has 596 valence electrons. The summed E-state index contributed by atoms with van der Waals surface area (Å²) >= 11 is 0. The number of amides is 1. The molecule has 8 aromatic heterocycles. The zero-order valence-electron chi connectivity index (χ0n) is 59.4. The molecule has 7 aliphatic rings. The van der Waals surface area contributed by atoms with Crippen molar-refractivity contribution < 1.29 is 79.5 Å². The van der Waals surface area contributed by atoms with Gasteiger partial charge in [-0.05, 0) is 0 Å². The first kappa shape index (κ1) is 82.0. The predicted molar refractivity (Wildman–Crippen MR) is 390 cm³/mol. The molecule has 15 heterocycles. The summed E-state index contributed by atoms with van der Waals surface area (Å²) in [6.07, 6.45) is 23.5. The standard InChI is InChI=1S/C14H17N5O4.C14H15N5O3.C14H14N4O4.C12H14N8O4.C12H13N7O4/c1-3-7-9(21)14(4-2,5-20)23-12(7)19-6-16-8-10(19)17-13(15)18-11(8)22;1-3-8-10(21)14(4-2,5-20)22-13(8)19-7-18-9-11(15)16-6-17-12(9)19;1-3-8-10(20)14(4-2,5-19)22-13(8)18-7-17-9-11(18)15-6-16-12(9)21;1-2-5-7(22)12(3-21,18-19-14)24-10(5)20-4-15-6-8(20)16-11(13)17-9(6)23;1-2-6-8(21)12(3-20,17-18-13)23-11(6)19-5-16-7-9(19)14-4-15-10(7)22/h2-3,6-10,12,20-21H,1,5H2,(H3,15,17,18,22);2-3,6-8,10,13,20-21H,1,5H2,(H2,15,16,17);2-3,6-8,10,13,19-20H,1,5H2,(H,15,16,21);2,4-5,7,10,14,21-22H,1,3H2,(H2-,13,16,17,23);2,4-6,8,11,13,20-21H,1,3H2/p+2/t7-,8?,9-,10?,12+,14+;2*8-,10-,13+,14+;5-,7-,10+,12+;6-,8-,11+,12+/m00000/s1. The molecule has 7 aliphatic heterocycles. The Morgan fingerprint density at radius 1 is 0.518 bits per heavy atom. The first-order valence-electron chi connectivity index (χ1n) is 33.7. The van der Waals surface area contributed by atoms with Crippen LogP contribution in [0.1, 0.15) is 24.9 Å². The third kappa shape index (κ3) is 13.7. The van der Waals surface area contributed by atoms with Crippen LogP contribution in [0.25, 0.3) is 44.7 Å². The van der Waals surface area contributed by atoms with E-state index in [9.17, 15) is 70.2 Å². The maximum atomic E-state index is 11.9. The number of aromatic amines is 3. The molecule has 5 fully saturated rings. The lowest BCUT2D eigenvalue weighted by molar-refractivity contribution is -0.126. The molecule has 8 aromatic rings. The summed E-state index contributed by atoms with van der Waals surface area (Å²) in [6.45, 7) is 15.3. The second kappa shape index (κ2) is 32.8. The summed E-state index contributed by atoms with van der Waals surface area (Å²) in [5.41, 5.74) is 22.9. The molecule has 22 atom stereocenters. The number of terminal acetylenes is 3. The van der Waals surface area contributed by atoms with Gasteiger partial charge < -0.3 is 107 Å². The smallest absolute Gasteiger partial charge is 0.293 e. The molecule has 0 aliphatic carbocycles. The molecule has 2 unspecified atom stereocenters. The number of ether oxygens (including phenoxy) is 5. The fraction of sp³-hybridized carbons (Fsp3) is 0.409. The Bertz CT molecular complexity index is 5530. The maximum absolute atomic E-state index is 11.9. The van der Waals surface area contributed by atoms with Crippen LogP contribution in [0, 0.1) is 77.7 Å². The zero-order chi connectivity index (χ0) is 82.7. The Hall–Kier alpha value is -13.0. The summed E-state index contributed by atoms with van der Waals surface area (Å²) in [5.74, 6) is 3.50. The Morgan fingerprint density at radius 2 is 0.895 bits per heavy atom. The number of nitrogens with one attached hydrogen (secondary N) is 6. The van der Waals surface area contributed by atoms with Gasteiger partial charge >= 0.3 is 0 Å². The number of aromatic nitrogens is 16. The lowest BCUT2D eigenvalue weighted by Crippen LogP contribution is -2.56. The highest BCUT2D eigenvalue weighted by molar-refractivity contribution is 6.02. The molecule has 1 amide bonds. The van der Waals surface area contributed by atoms with E-state index in [1.54, 1.807) is 9.47 Å². The van der Waals surface area contributed by atoms with Crippen molar-refractivity contribution in [3.63, 3.8) is 0 Å². The van der Waals surface area contributed by atoms with Crippen molar-refractivity contribution in [1.82, 2.24) is 98.1 Å². The number of carbonyl (C=O) groups is 1. The van der Waals surface area contributed by atoms with Crippen LogP contribution in [0.2, 0.25) is 0 Å². The number of hydrogen-bond donors (Lipinski definition) is 19. The first-order chi connectivity index (χ1) is 54.7. The number of rotatable bonds is 17. The van der Waals surface area contributed by atoms with E-state index >= 15 is 0 Å². The fourth-order valence-electron chi connectivity index (χ4n) is 13.8. The molecule has 48 nitrogen and oxygen atoms in total. The highest BCUT2D eigenvalue weighted by atomic mass is 16.6. The summed E-state index contributed by atoms with van der Waals surface area (Å²) in [4.78, 5) is 106. The van der Waals surface area contributed by atoms with Crippen LogP contribution >= 0.6 is 0 Å². The molecular formula is C66H75N29O19+2. The number of hydrogen-bond acceptors (Lipinski definition) is 38. The Kier molecular flexibility index (Phi) is 23.6. The van der Waals surface area contributed by atoms with Gasteiger partial charge in [0.05, 0.1) is 93.7 Å². The molecule has 5 saturated heterocycles. The largest absolute Gasteiger partial charge is 0.392 e. The number of aliphatic hydroxyl groups is 10. The highest BCUT2D eigenvalue weighted by Crippen LogP contribution is 2.48. The van der Waals surface area contributed by atoms with Crippen LogP contribution in [0.3, 0.4) is 0 Å². The second-order valence-electron chi connectivity index (χ2n) is 25.9. The fourth-order valence-corrected chi connectivity index (χ4v) is 13.8. The van der Waals surface area contributed by atoms with Crippen LogP contribution < -0.4 is 49.0 Å². The van der Waals surface area contributed by atoms with Crippen LogP contribution in [0.5, 0.6) is 0 Å².